The van der Waals surface area contributed by atoms with E-state index in [1.165, 1.54) is 9.80 Å². The molecule has 27 heavy (non-hydrogen) atoms. The number of amides is 3. The number of carbonyl (C=O) groups excluding carboxylic acids is 3. The van der Waals surface area contributed by atoms with E-state index in [1.807, 2.05) is 6.07 Å². The Balaban J connectivity index is 2.00. The van der Waals surface area contributed by atoms with Crippen molar-refractivity contribution in [3.63, 3.8) is 0 Å². The fraction of sp³-hybridized carbons (Fsp3) is 0.450. The number of nitrogens with zero attached hydrogens (tertiary/aromatic N) is 3. The summed E-state index contributed by atoms with van der Waals surface area (Å²) in [5, 5.41) is 2.72. The molecule has 1 saturated heterocycles. The number of hydrogen-bond donors (Lipinski definition) is 1. The smallest absolute Gasteiger partial charge is 0.253 e. The van der Waals surface area contributed by atoms with E-state index in [-0.39, 0.29) is 30.3 Å². The molecule has 2 aliphatic rings. The van der Waals surface area contributed by atoms with Gasteiger partial charge in [-0.3, -0.25) is 19.3 Å². The van der Waals surface area contributed by atoms with Crippen LogP contribution in [0, 0.1) is 0 Å². The van der Waals surface area contributed by atoms with Crippen molar-refractivity contribution in [2.24, 2.45) is 0 Å². The molecular formula is C20H26N4O3. The molecule has 0 aliphatic carbocycles. The molecule has 0 saturated carbocycles. The summed E-state index contributed by atoms with van der Waals surface area (Å²) in [5.41, 5.74) is 2.03. The summed E-state index contributed by atoms with van der Waals surface area (Å²) in [6, 6.07) is 5.17. The Morgan fingerprint density at radius 3 is 2.78 bits per heavy atom. The van der Waals surface area contributed by atoms with Crippen LogP contribution in [-0.4, -0.2) is 62.4 Å². The third-order valence-corrected chi connectivity index (χ3v) is 5.03. The number of anilines is 2. The second kappa shape index (κ2) is 7.82. The van der Waals surface area contributed by atoms with Crippen LogP contribution in [0.4, 0.5) is 11.4 Å². The van der Waals surface area contributed by atoms with E-state index in [9.17, 15) is 14.4 Å². The Labute approximate surface area is 159 Å². The average Bonchev–Trinajstić information content (AvgIpc) is 2.68. The van der Waals surface area contributed by atoms with Gasteiger partial charge in [0.05, 0.1) is 11.4 Å². The zero-order chi connectivity index (χ0) is 19.6. The minimum Gasteiger partial charge on any atom is -0.358 e. The first kappa shape index (κ1) is 18.9. The highest BCUT2D eigenvalue weighted by molar-refractivity contribution is 6.09. The van der Waals surface area contributed by atoms with Gasteiger partial charge in [0.25, 0.3) is 5.91 Å². The van der Waals surface area contributed by atoms with Gasteiger partial charge < -0.3 is 15.1 Å². The molecular weight excluding hydrogens is 344 g/mol. The number of carbonyl (C=O) groups is 3. The minimum atomic E-state index is -0.247. The molecule has 0 radical (unpaired) electrons. The van der Waals surface area contributed by atoms with Crippen molar-refractivity contribution in [3.05, 3.63) is 36.4 Å². The molecule has 144 valence electrons. The Morgan fingerprint density at radius 1 is 1.30 bits per heavy atom. The lowest BCUT2D eigenvalue weighted by Crippen LogP contribution is -2.57. The highest BCUT2D eigenvalue weighted by atomic mass is 16.2. The van der Waals surface area contributed by atoms with Gasteiger partial charge in [0.15, 0.2) is 0 Å². The molecule has 2 aliphatic heterocycles. The number of rotatable bonds is 5. The van der Waals surface area contributed by atoms with Crippen LogP contribution >= 0.6 is 0 Å². The minimum absolute atomic E-state index is 0.0659. The summed E-state index contributed by atoms with van der Waals surface area (Å²) in [6.07, 6.45) is 4.40. The van der Waals surface area contributed by atoms with Gasteiger partial charge in [-0.25, -0.2) is 0 Å². The third kappa shape index (κ3) is 3.67. The maximum atomic E-state index is 13.1. The number of fused-ring (bicyclic) bond motifs is 3. The lowest BCUT2D eigenvalue weighted by atomic mass is 9.95. The van der Waals surface area contributed by atoms with E-state index in [2.05, 4.69) is 16.8 Å². The van der Waals surface area contributed by atoms with Crippen molar-refractivity contribution in [3.8, 4) is 0 Å². The summed E-state index contributed by atoms with van der Waals surface area (Å²) in [7, 11) is 3.38. The van der Waals surface area contributed by atoms with Crippen LogP contribution in [0.3, 0.4) is 0 Å². The third-order valence-electron chi connectivity index (χ3n) is 5.03. The Kier molecular flexibility index (Phi) is 5.48. The molecule has 0 spiro atoms. The monoisotopic (exact) mass is 370 g/mol. The van der Waals surface area contributed by atoms with Crippen LogP contribution in [0.2, 0.25) is 0 Å². The van der Waals surface area contributed by atoms with Gasteiger partial charge >= 0.3 is 0 Å². The predicted octanol–water partition coefficient (Wildman–Crippen LogP) is 1.40. The first-order valence-corrected chi connectivity index (χ1v) is 9.25. The van der Waals surface area contributed by atoms with E-state index < -0.39 is 0 Å². The summed E-state index contributed by atoms with van der Waals surface area (Å²) in [6.45, 7) is 4.68. The van der Waals surface area contributed by atoms with Crippen LogP contribution in [-0.2, 0) is 9.59 Å². The second-order valence-electron chi connectivity index (χ2n) is 7.13. The molecule has 0 aromatic heterocycles. The number of benzene rings is 1. The van der Waals surface area contributed by atoms with Gasteiger partial charge in [0.2, 0.25) is 11.8 Å². The molecule has 2 heterocycles. The summed E-state index contributed by atoms with van der Waals surface area (Å²) in [4.78, 5) is 42.9. The van der Waals surface area contributed by atoms with Crippen molar-refractivity contribution in [2.45, 2.75) is 25.3 Å². The molecule has 1 aromatic rings. The van der Waals surface area contributed by atoms with E-state index >= 15 is 0 Å². The summed E-state index contributed by atoms with van der Waals surface area (Å²) >= 11 is 0. The molecule has 0 bridgehead atoms. The second-order valence-corrected chi connectivity index (χ2v) is 7.13. The van der Waals surface area contributed by atoms with Crippen molar-refractivity contribution < 1.29 is 14.4 Å². The fourth-order valence-electron chi connectivity index (χ4n) is 3.70. The van der Waals surface area contributed by atoms with Crippen molar-refractivity contribution in [1.29, 1.82) is 0 Å². The van der Waals surface area contributed by atoms with E-state index in [0.29, 0.717) is 17.8 Å². The van der Waals surface area contributed by atoms with Crippen molar-refractivity contribution in [1.82, 2.24) is 10.2 Å². The van der Waals surface area contributed by atoms with E-state index in [4.69, 9.17) is 0 Å². The standard InChI is InChI=1S/C20H26N4O3/c1-4-10-21-18(25)13-24-17-12-14(19(26)22(2)3)8-9-15(17)23-11-6-5-7-16(23)20(24)27/h4,8-9,12,16H,1,5-7,10-11,13H2,2-3H3,(H,21,25). The Hall–Kier alpha value is -2.83. The highest BCUT2D eigenvalue weighted by Crippen LogP contribution is 2.40. The van der Waals surface area contributed by atoms with Crippen LogP contribution in [0.5, 0.6) is 0 Å². The first-order chi connectivity index (χ1) is 12.9. The summed E-state index contributed by atoms with van der Waals surface area (Å²) in [5.74, 6) is -0.463. The molecule has 7 heteroatoms. The Bertz CT molecular complexity index is 774. The zero-order valence-electron chi connectivity index (χ0n) is 15.9. The number of hydrogen-bond acceptors (Lipinski definition) is 4. The normalized spacial score (nSPS) is 18.4. The van der Waals surface area contributed by atoms with Gasteiger partial charge in [0, 0.05) is 32.7 Å². The average molecular weight is 370 g/mol. The lowest BCUT2D eigenvalue weighted by molar-refractivity contribution is -0.124. The van der Waals surface area contributed by atoms with Crippen LogP contribution in [0.15, 0.2) is 30.9 Å². The highest BCUT2D eigenvalue weighted by Gasteiger charge is 2.40. The SMILES string of the molecule is C=CCNC(=O)CN1C(=O)C2CCCCN2c2ccc(C(=O)N(C)C)cc21. The largest absolute Gasteiger partial charge is 0.358 e. The van der Waals surface area contributed by atoms with Crippen LogP contribution < -0.4 is 15.1 Å². The molecule has 1 atom stereocenters. The fourth-order valence-corrected chi connectivity index (χ4v) is 3.70. The molecule has 1 aromatic carbocycles. The quantitative estimate of drug-likeness (QED) is 0.795. The molecule has 3 rings (SSSR count). The van der Waals surface area contributed by atoms with Crippen molar-refractivity contribution in [2.75, 3.05) is 43.5 Å². The van der Waals surface area contributed by atoms with Crippen LogP contribution in [0.1, 0.15) is 29.6 Å². The molecule has 1 unspecified atom stereocenters. The van der Waals surface area contributed by atoms with E-state index in [0.717, 1.165) is 31.5 Å². The Morgan fingerprint density at radius 2 is 2.07 bits per heavy atom. The topological polar surface area (TPSA) is 73.0 Å². The molecule has 1 fully saturated rings. The van der Waals surface area contributed by atoms with Gasteiger partial charge in [0.1, 0.15) is 12.6 Å². The number of nitrogens with one attached hydrogen (secondary N) is 1. The predicted molar refractivity (Wildman–Crippen MR) is 105 cm³/mol. The van der Waals surface area contributed by atoms with Gasteiger partial charge in [-0.15, -0.1) is 6.58 Å². The van der Waals surface area contributed by atoms with Crippen LogP contribution in [0.25, 0.3) is 0 Å². The summed E-state index contributed by atoms with van der Waals surface area (Å²) < 4.78 is 0. The number of piperidine rings is 1. The van der Waals surface area contributed by atoms with Crippen molar-refractivity contribution >= 4 is 29.1 Å². The first-order valence-electron chi connectivity index (χ1n) is 9.25. The molecule has 3 amide bonds. The van der Waals surface area contributed by atoms with Gasteiger partial charge in [-0.1, -0.05) is 6.08 Å². The maximum Gasteiger partial charge on any atom is 0.253 e. The van der Waals surface area contributed by atoms with Gasteiger partial charge in [-0.05, 0) is 37.5 Å². The van der Waals surface area contributed by atoms with E-state index in [1.54, 1.807) is 32.3 Å². The van der Waals surface area contributed by atoms with Gasteiger partial charge in [-0.2, -0.15) is 0 Å². The lowest BCUT2D eigenvalue weighted by Gasteiger charge is -2.45. The molecule has 1 N–H and O–H groups in total. The maximum absolute atomic E-state index is 13.1. The zero-order valence-corrected chi connectivity index (χ0v) is 15.9. The molecule has 7 nitrogen and oxygen atoms in total.